The average Bonchev–Trinajstić information content (AvgIpc) is 3.39. The van der Waals surface area contributed by atoms with Crippen molar-refractivity contribution in [1.29, 1.82) is 0 Å². The lowest BCUT2D eigenvalue weighted by molar-refractivity contribution is -0.122. The third kappa shape index (κ3) is 3.24. The molecule has 26 heavy (non-hydrogen) atoms. The van der Waals surface area contributed by atoms with E-state index >= 15 is 0 Å². The molecule has 3 atom stereocenters. The van der Waals surface area contributed by atoms with Gasteiger partial charge < -0.3 is 19.4 Å². The SMILES string of the molecule is Cn1nccc1C(=O)N1C[C@@H]2[C@H](CC(=O)NCc3ccco3)CO[C@@H]2C1. The molecule has 2 aromatic heterocycles. The van der Waals surface area contributed by atoms with Crippen LogP contribution in [0.15, 0.2) is 35.1 Å². The van der Waals surface area contributed by atoms with Crippen LogP contribution in [0.4, 0.5) is 0 Å². The minimum absolute atomic E-state index is 0.00931. The number of amides is 2. The van der Waals surface area contributed by atoms with Gasteiger partial charge in [0.25, 0.3) is 5.91 Å². The number of ether oxygens (including phenoxy) is 1. The molecule has 2 aliphatic rings. The van der Waals surface area contributed by atoms with Crippen LogP contribution in [0, 0.1) is 11.8 Å². The molecule has 0 spiro atoms. The van der Waals surface area contributed by atoms with E-state index in [-0.39, 0.29) is 29.8 Å². The van der Waals surface area contributed by atoms with Gasteiger partial charge in [0.2, 0.25) is 5.91 Å². The Labute approximate surface area is 151 Å². The van der Waals surface area contributed by atoms with Crippen LogP contribution in [0.25, 0.3) is 0 Å². The first-order valence-corrected chi connectivity index (χ1v) is 8.80. The largest absolute Gasteiger partial charge is 0.467 e. The van der Waals surface area contributed by atoms with Gasteiger partial charge in [-0.1, -0.05) is 0 Å². The molecule has 2 saturated heterocycles. The van der Waals surface area contributed by atoms with Gasteiger partial charge in [-0.25, -0.2) is 0 Å². The first-order valence-electron chi connectivity index (χ1n) is 8.80. The van der Waals surface area contributed by atoms with Crippen molar-refractivity contribution in [3.63, 3.8) is 0 Å². The summed E-state index contributed by atoms with van der Waals surface area (Å²) in [6.07, 6.45) is 3.61. The van der Waals surface area contributed by atoms with Crippen LogP contribution >= 0.6 is 0 Å². The molecule has 0 radical (unpaired) electrons. The van der Waals surface area contributed by atoms with Crippen molar-refractivity contribution in [3.05, 3.63) is 42.1 Å². The molecule has 138 valence electrons. The molecule has 0 unspecified atom stereocenters. The molecule has 8 nitrogen and oxygen atoms in total. The number of carbonyl (C=O) groups is 2. The van der Waals surface area contributed by atoms with Crippen molar-refractivity contribution in [2.24, 2.45) is 18.9 Å². The van der Waals surface area contributed by atoms with Gasteiger partial charge in [-0.3, -0.25) is 14.3 Å². The Morgan fingerprint density at radius 3 is 2.96 bits per heavy atom. The summed E-state index contributed by atoms with van der Waals surface area (Å²) in [5.41, 5.74) is 0.567. The molecule has 8 heteroatoms. The van der Waals surface area contributed by atoms with Crippen LogP contribution in [0.5, 0.6) is 0 Å². The number of likely N-dealkylation sites (tertiary alicyclic amines) is 1. The van der Waals surface area contributed by atoms with Crippen molar-refractivity contribution < 1.29 is 18.7 Å². The second kappa shape index (κ2) is 6.95. The molecule has 0 aliphatic carbocycles. The molecular formula is C18H22N4O4. The lowest BCUT2D eigenvalue weighted by Gasteiger charge is -2.19. The third-order valence-corrected chi connectivity index (χ3v) is 5.25. The predicted octanol–water partition coefficient (Wildman–Crippen LogP) is 0.807. The van der Waals surface area contributed by atoms with Gasteiger partial charge in [-0.15, -0.1) is 0 Å². The zero-order valence-electron chi connectivity index (χ0n) is 14.6. The highest BCUT2D eigenvalue weighted by Gasteiger charge is 2.46. The number of carbonyl (C=O) groups excluding carboxylic acids is 2. The normalized spacial score (nSPS) is 24.7. The molecule has 2 amide bonds. The summed E-state index contributed by atoms with van der Waals surface area (Å²) in [6, 6.07) is 5.34. The van der Waals surface area contributed by atoms with Gasteiger partial charge in [0.05, 0.1) is 25.5 Å². The summed E-state index contributed by atoms with van der Waals surface area (Å²) < 4.78 is 12.7. The van der Waals surface area contributed by atoms with E-state index in [4.69, 9.17) is 9.15 Å². The second-order valence-electron chi connectivity index (χ2n) is 6.91. The van der Waals surface area contributed by atoms with Crippen molar-refractivity contribution in [1.82, 2.24) is 20.0 Å². The summed E-state index contributed by atoms with van der Waals surface area (Å²) in [5, 5.41) is 6.93. The van der Waals surface area contributed by atoms with Crippen molar-refractivity contribution in [2.45, 2.75) is 19.1 Å². The number of fused-ring (bicyclic) bond motifs is 1. The molecule has 0 aromatic carbocycles. The van der Waals surface area contributed by atoms with Gasteiger partial charge in [0.15, 0.2) is 0 Å². The Morgan fingerprint density at radius 1 is 1.35 bits per heavy atom. The molecular weight excluding hydrogens is 336 g/mol. The van der Waals surface area contributed by atoms with E-state index in [0.717, 1.165) is 5.76 Å². The van der Waals surface area contributed by atoms with E-state index in [0.29, 0.717) is 38.4 Å². The molecule has 2 fully saturated rings. The highest BCUT2D eigenvalue weighted by atomic mass is 16.5. The number of furan rings is 1. The maximum atomic E-state index is 12.6. The van der Waals surface area contributed by atoms with Gasteiger partial charge >= 0.3 is 0 Å². The topological polar surface area (TPSA) is 89.6 Å². The van der Waals surface area contributed by atoms with E-state index in [1.54, 1.807) is 41.2 Å². The quantitative estimate of drug-likeness (QED) is 0.854. The fourth-order valence-electron chi connectivity index (χ4n) is 3.83. The number of aryl methyl sites for hydroxylation is 1. The zero-order chi connectivity index (χ0) is 18.1. The lowest BCUT2D eigenvalue weighted by atomic mass is 9.90. The molecule has 0 bridgehead atoms. The number of nitrogens with zero attached hydrogens (tertiary/aromatic N) is 3. The Hall–Kier alpha value is -2.61. The predicted molar refractivity (Wildman–Crippen MR) is 91.0 cm³/mol. The summed E-state index contributed by atoms with van der Waals surface area (Å²) in [6.45, 7) is 2.14. The molecule has 4 rings (SSSR count). The van der Waals surface area contributed by atoms with Crippen LogP contribution < -0.4 is 5.32 Å². The number of hydrogen-bond donors (Lipinski definition) is 1. The van der Waals surface area contributed by atoms with Gasteiger partial charge in [0, 0.05) is 38.7 Å². The van der Waals surface area contributed by atoms with Gasteiger partial charge in [0.1, 0.15) is 11.5 Å². The lowest BCUT2D eigenvalue weighted by Crippen LogP contribution is -2.33. The highest BCUT2D eigenvalue weighted by Crippen LogP contribution is 2.36. The molecule has 0 saturated carbocycles. The summed E-state index contributed by atoms with van der Waals surface area (Å²) in [5.74, 6) is 0.992. The van der Waals surface area contributed by atoms with Crippen LogP contribution in [-0.4, -0.2) is 52.3 Å². The maximum Gasteiger partial charge on any atom is 0.272 e. The Morgan fingerprint density at radius 2 is 2.23 bits per heavy atom. The Bertz CT molecular complexity index is 785. The van der Waals surface area contributed by atoms with Crippen LogP contribution in [0.3, 0.4) is 0 Å². The van der Waals surface area contributed by atoms with E-state index in [2.05, 4.69) is 10.4 Å². The zero-order valence-corrected chi connectivity index (χ0v) is 14.6. The Kier molecular flexibility index (Phi) is 4.50. The fourth-order valence-corrected chi connectivity index (χ4v) is 3.83. The van der Waals surface area contributed by atoms with E-state index < -0.39 is 0 Å². The Balaban J connectivity index is 1.32. The van der Waals surface area contributed by atoms with Gasteiger partial charge in [-0.05, 0) is 24.1 Å². The summed E-state index contributed by atoms with van der Waals surface area (Å²) >= 11 is 0. The van der Waals surface area contributed by atoms with E-state index in [1.165, 1.54) is 0 Å². The van der Waals surface area contributed by atoms with E-state index in [9.17, 15) is 9.59 Å². The first kappa shape index (κ1) is 16.8. The monoisotopic (exact) mass is 358 g/mol. The fraction of sp³-hybridized carbons (Fsp3) is 0.500. The third-order valence-electron chi connectivity index (χ3n) is 5.25. The van der Waals surface area contributed by atoms with Crippen LogP contribution in [-0.2, 0) is 23.1 Å². The first-order chi connectivity index (χ1) is 12.6. The number of aromatic nitrogens is 2. The molecule has 4 heterocycles. The number of rotatable bonds is 5. The summed E-state index contributed by atoms with van der Waals surface area (Å²) in [4.78, 5) is 26.7. The van der Waals surface area contributed by atoms with Crippen molar-refractivity contribution in [2.75, 3.05) is 19.7 Å². The molecule has 1 N–H and O–H groups in total. The highest BCUT2D eigenvalue weighted by molar-refractivity contribution is 5.92. The van der Waals surface area contributed by atoms with Crippen molar-refractivity contribution in [3.8, 4) is 0 Å². The van der Waals surface area contributed by atoms with Crippen LogP contribution in [0.1, 0.15) is 22.7 Å². The molecule has 2 aromatic rings. The van der Waals surface area contributed by atoms with Gasteiger partial charge in [-0.2, -0.15) is 5.10 Å². The maximum absolute atomic E-state index is 12.6. The molecule has 2 aliphatic heterocycles. The minimum atomic E-state index is -0.0379. The number of hydrogen-bond acceptors (Lipinski definition) is 5. The van der Waals surface area contributed by atoms with Crippen molar-refractivity contribution >= 4 is 11.8 Å². The van der Waals surface area contributed by atoms with Crippen LogP contribution in [0.2, 0.25) is 0 Å². The smallest absolute Gasteiger partial charge is 0.272 e. The second-order valence-corrected chi connectivity index (χ2v) is 6.91. The average molecular weight is 358 g/mol. The van der Waals surface area contributed by atoms with E-state index in [1.807, 2.05) is 6.07 Å². The minimum Gasteiger partial charge on any atom is -0.467 e. The summed E-state index contributed by atoms with van der Waals surface area (Å²) in [7, 11) is 1.76. The standard InChI is InChI=1S/C18H22N4O4/c1-21-15(4-5-20-21)18(24)22-9-14-12(11-26-16(14)10-22)7-17(23)19-8-13-3-2-6-25-13/h2-6,12,14,16H,7-11H2,1H3,(H,19,23)/t12-,14-,16-/m1/s1. The number of nitrogens with one attached hydrogen (secondary N) is 1.